The Morgan fingerprint density at radius 3 is 2.56 bits per heavy atom. The molecule has 0 saturated heterocycles. The number of nitrogens with one attached hydrogen (secondary N) is 3. The van der Waals surface area contributed by atoms with Gasteiger partial charge in [0.2, 0.25) is 0 Å². The first-order valence-electron chi connectivity index (χ1n) is 14.3. The number of rotatable bonds is 12. The molecule has 216 valence electrons. The molecule has 41 heavy (non-hydrogen) atoms. The van der Waals surface area contributed by atoms with Crippen molar-refractivity contribution >= 4 is 29.2 Å². The number of carbonyl (C=O) groups excluding carboxylic acids is 1. The van der Waals surface area contributed by atoms with E-state index in [4.69, 9.17) is 25.8 Å². The van der Waals surface area contributed by atoms with Gasteiger partial charge in [-0.2, -0.15) is 0 Å². The molecule has 4 rings (SSSR count). The van der Waals surface area contributed by atoms with Gasteiger partial charge in [-0.05, 0) is 56.5 Å². The standard InChI is InChI=1S/C32H41N7O2/c1-5-25(6-2)35-30(40)20-41-27-9-7-8-23(16-27)31-37-29-14-15-39(21(3)4)19-28(29)32(38-31)36-26-12-10-22(11-13-26)24(17-33)18-34/h7-13,16-18,21,25,33H,5-6,14-15,19-20,34H2,1-4H3,(H,35,40)(H,36,37,38)/b24-18+,33-17?. The van der Waals surface area contributed by atoms with Gasteiger partial charge in [0.25, 0.3) is 5.91 Å². The third kappa shape index (κ3) is 7.49. The van der Waals surface area contributed by atoms with Crippen LogP contribution in [0.5, 0.6) is 5.75 Å². The summed E-state index contributed by atoms with van der Waals surface area (Å²) < 4.78 is 5.83. The molecule has 0 radical (unpaired) electrons. The highest BCUT2D eigenvalue weighted by atomic mass is 16.5. The van der Waals surface area contributed by atoms with E-state index in [-0.39, 0.29) is 18.6 Å². The quantitative estimate of drug-likeness (QED) is 0.224. The fourth-order valence-corrected chi connectivity index (χ4v) is 4.85. The van der Waals surface area contributed by atoms with Gasteiger partial charge in [-0.1, -0.05) is 38.1 Å². The van der Waals surface area contributed by atoms with E-state index in [0.717, 1.165) is 66.2 Å². The van der Waals surface area contributed by atoms with Crippen LogP contribution in [-0.2, 0) is 17.8 Å². The third-order valence-corrected chi connectivity index (χ3v) is 7.45. The molecule has 0 spiro atoms. The molecular weight excluding hydrogens is 514 g/mol. The van der Waals surface area contributed by atoms with Crippen molar-refractivity contribution in [2.75, 3.05) is 18.5 Å². The first kappa shape index (κ1) is 29.7. The van der Waals surface area contributed by atoms with Gasteiger partial charge in [0.1, 0.15) is 11.6 Å². The average Bonchev–Trinajstić information content (AvgIpc) is 3.00. The van der Waals surface area contributed by atoms with Gasteiger partial charge in [-0.3, -0.25) is 9.69 Å². The fraction of sp³-hybridized carbons (Fsp3) is 0.375. The van der Waals surface area contributed by atoms with Crippen LogP contribution in [0.4, 0.5) is 11.5 Å². The molecule has 1 aromatic heterocycles. The maximum absolute atomic E-state index is 12.4. The van der Waals surface area contributed by atoms with E-state index in [9.17, 15) is 4.79 Å². The second-order valence-electron chi connectivity index (χ2n) is 10.5. The summed E-state index contributed by atoms with van der Waals surface area (Å²) in [6.07, 6.45) is 5.28. The Balaban J connectivity index is 1.61. The number of amides is 1. The van der Waals surface area contributed by atoms with Crippen LogP contribution in [0, 0.1) is 5.41 Å². The Bertz CT molecular complexity index is 1380. The number of allylic oxidation sites excluding steroid dienone is 1. The summed E-state index contributed by atoms with van der Waals surface area (Å²) in [6, 6.07) is 15.9. The summed E-state index contributed by atoms with van der Waals surface area (Å²) in [6.45, 7) is 10.2. The molecule has 0 saturated carbocycles. The minimum Gasteiger partial charge on any atom is -0.484 e. The monoisotopic (exact) mass is 555 g/mol. The van der Waals surface area contributed by atoms with Crippen LogP contribution in [0.2, 0.25) is 0 Å². The molecule has 9 nitrogen and oxygen atoms in total. The Morgan fingerprint density at radius 1 is 1.15 bits per heavy atom. The number of carbonyl (C=O) groups is 1. The minimum absolute atomic E-state index is 0.0438. The highest BCUT2D eigenvalue weighted by molar-refractivity contribution is 6.08. The van der Waals surface area contributed by atoms with Crippen molar-refractivity contribution in [3.63, 3.8) is 0 Å². The molecule has 1 aliphatic rings. The number of aromatic nitrogens is 2. The molecule has 3 aromatic rings. The van der Waals surface area contributed by atoms with E-state index in [1.807, 2.05) is 48.5 Å². The van der Waals surface area contributed by atoms with Crippen LogP contribution in [0.1, 0.15) is 57.4 Å². The maximum Gasteiger partial charge on any atom is 0.258 e. The summed E-state index contributed by atoms with van der Waals surface area (Å²) in [4.78, 5) is 24.7. The minimum atomic E-state index is -0.129. The van der Waals surface area contributed by atoms with E-state index >= 15 is 0 Å². The Hall–Kier alpha value is -4.24. The smallest absolute Gasteiger partial charge is 0.258 e. The van der Waals surface area contributed by atoms with E-state index in [1.54, 1.807) is 0 Å². The lowest BCUT2D eigenvalue weighted by atomic mass is 10.0. The second kappa shape index (κ2) is 13.9. The lowest BCUT2D eigenvalue weighted by molar-refractivity contribution is -0.123. The van der Waals surface area contributed by atoms with Gasteiger partial charge in [-0.15, -0.1) is 0 Å². The van der Waals surface area contributed by atoms with Crippen LogP contribution in [-0.4, -0.2) is 52.2 Å². The third-order valence-electron chi connectivity index (χ3n) is 7.45. The van der Waals surface area contributed by atoms with Crippen LogP contribution >= 0.6 is 0 Å². The Kier molecular flexibility index (Phi) is 10.1. The zero-order valence-corrected chi connectivity index (χ0v) is 24.4. The van der Waals surface area contributed by atoms with Crippen molar-refractivity contribution < 1.29 is 9.53 Å². The summed E-state index contributed by atoms with van der Waals surface area (Å²) in [5.74, 6) is 1.83. The molecule has 0 fully saturated rings. The summed E-state index contributed by atoms with van der Waals surface area (Å²) in [5.41, 5.74) is 11.0. The average molecular weight is 556 g/mol. The molecule has 5 N–H and O–H groups in total. The largest absolute Gasteiger partial charge is 0.484 e. The van der Waals surface area contributed by atoms with Crippen LogP contribution < -0.4 is 21.1 Å². The van der Waals surface area contributed by atoms with E-state index in [0.29, 0.717) is 23.2 Å². The van der Waals surface area contributed by atoms with Crippen molar-refractivity contribution in [1.29, 1.82) is 5.41 Å². The number of hydrogen-bond acceptors (Lipinski definition) is 8. The number of nitrogens with two attached hydrogens (primary N) is 1. The van der Waals surface area contributed by atoms with Gasteiger partial charge in [0.15, 0.2) is 12.4 Å². The molecule has 1 aliphatic heterocycles. The van der Waals surface area contributed by atoms with Crippen LogP contribution in [0.15, 0.2) is 54.7 Å². The molecule has 0 unspecified atom stereocenters. The Morgan fingerprint density at radius 2 is 1.90 bits per heavy atom. The van der Waals surface area contributed by atoms with Gasteiger partial charge in [0, 0.05) is 66.4 Å². The van der Waals surface area contributed by atoms with Gasteiger partial charge < -0.3 is 26.5 Å². The SMILES string of the molecule is CCC(CC)NC(=O)COc1cccc(-c2nc3c(c(Nc4ccc(/C(C=N)=C/N)cc4)n2)CN(C(C)C)CC3)c1. The Labute approximate surface area is 242 Å². The fourth-order valence-electron chi connectivity index (χ4n) is 4.85. The lowest BCUT2D eigenvalue weighted by Gasteiger charge is -2.32. The van der Waals surface area contributed by atoms with Crippen molar-refractivity contribution in [2.24, 2.45) is 5.73 Å². The molecule has 9 heteroatoms. The molecular formula is C32H41N7O2. The van der Waals surface area contributed by atoms with E-state index in [2.05, 4.69) is 43.2 Å². The topological polar surface area (TPSA) is 129 Å². The number of ether oxygens (including phenoxy) is 1. The predicted octanol–water partition coefficient (Wildman–Crippen LogP) is 5.29. The van der Waals surface area contributed by atoms with Crippen LogP contribution in [0.3, 0.4) is 0 Å². The molecule has 0 aliphatic carbocycles. The van der Waals surface area contributed by atoms with E-state index < -0.39 is 0 Å². The van der Waals surface area contributed by atoms with Crippen molar-refractivity contribution in [3.05, 3.63) is 71.6 Å². The summed E-state index contributed by atoms with van der Waals surface area (Å²) in [5, 5.41) is 14.1. The number of anilines is 2. The first-order valence-corrected chi connectivity index (χ1v) is 14.3. The number of hydrogen-bond donors (Lipinski definition) is 4. The van der Waals surface area contributed by atoms with E-state index in [1.165, 1.54) is 12.4 Å². The lowest BCUT2D eigenvalue weighted by Crippen LogP contribution is -2.37. The molecule has 1 amide bonds. The number of nitrogens with zero attached hydrogens (tertiary/aromatic N) is 3. The van der Waals surface area contributed by atoms with Crippen molar-refractivity contribution in [3.8, 4) is 17.1 Å². The molecule has 0 bridgehead atoms. The van der Waals surface area contributed by atoms with Gasteiger partial charge in [-0.25, -0.2) is 9.97 Å². The van der Waals surface area contributed by atoms with Gasteiger partial charge >= 0.3 is 0 Å². The zero-order chi connectivity index (χ0) is 29.4. The van der Waals surface area contributed by atoms with Crippen molar-refractivity contribution in [1.82, 2.24) is 20.2 Å². The normalized spacial score (nSPS) is 13.7. The van der Waals surface area contributed by atoms with Crippen molar-refractivity contribution in [2.45, 2.75) is 65.6 Å². The number of fused-ring (bicyclic) bond motifs is 1. The highest BCUT2D eigenvalue weighted by Gasteiger charge is 2.24. The van der Waals surface area contributed by atoms with Gasteiger partial charge in [0.05, 0.1) is 5.69 Å². The first-order chi connectivity index (χ1) is 19.8. The van der Waals surface area contributed by atoms with Crippen LogP contribution in [0.25, 0.3) is 17.0 Å². The summed E-state index contributed by atoms with van der Waals surface area (Å²) in [7, 11) is 0. The predicted molar refractivity (Wildman–Crippen MR) is 165 cm³/mol. The highest BCUT2D eigenvalue weighted by Crippen LogP contribution is 2.31. The zero-order valence-electron chi connectivity index (χ0n) is 24.4. The molecule has 2 heterocycles. The molecule has 0 atom stereocenters. The molecule has 2 aromatic carbocycles. The number of benzene rings is 2. The second-order valence-corrected chi connectivity index (χ2v) is 10.5. The maximum atomic E-state index is 12.4. The summed E-state index contributed by atoms with van der Waals surface area (Å²) >= 11 is 0.